The summed E-state index contributed by atoms with van der Waals surface area (Å²) in [6, 6.07) is 8.50. The fourth-order valence-electron chi connectivity index (χ4n) is 12.6. The number of benzene rings is 2. The fourth-order valence-corrected chi connectivity index (χ4v) is 13.0. The van der Waals surface area contributed by atoms with Crippen molar-refractivity contribution in [2.24, 2.45) is 47.0 Å². The van der Waals surface area contributed by atoms with Crippen molar-refractivity contribution >= 4 is 117 Å². The molecule has 4 aromatic rings. The van der Waals surface area contributed by atoms with E-state index in [1.165, 1.54) is 55.5 Å². The first-order chi connectivity index (χ1) is 50.4. The van der Waals surface area contributed by atoms with E-state index >= 15 is 0 Å². The molecule has 0 aliphatic carbocycles. The highest BCUT2D eigenvalue weighted by Crippen LogP contribution is 2.25. The number of nitrogens with two attached hydrogens (primary N) is 2. The number of carbonyl (C=O) groups excluding carboxylic acids is 13. The second-order valence-corrected chi connectivity index (χ2v) is 29.0. The molecule has 0 bridgehead atoms. The number of hydrogen-bond acceptors (Lipinski definition) is 21. The van der Waals surface area contributed by atoms with Crippen LogP contribution in [0.25, 0.3) is 10.9 Å². The number of imidazole rings is 1. The molecule has 2 aromatic heterocycles. The van der Waals surface area contributed by atoms with E-state index < -0.39 is 137 Å². The second-order valence-electron chi connectivity index (χ2n) is 28.0. The number of amides is 7. The molecule has 580 valence electrons. The zero-order valence-corrected chi connectivity index (χ0v) is 62.2. The van der Waals surface area contributed by atoms with Crippen LogP contribution in [0.4, 0.5) is 5.69 Å². The number of rotatable bonds is 47. The summed E-state index contributed by atoms with van der Waals surface area (Å²) in [4.78, 5) is 214. The molecular weight excluding hydrogens is 1390 g/mol. The molecule has 1 aliphatic rings. The maximum Gasteiger partial charge on any atom is 0.317 e. The number of fused-ring (bicyclic) bond motifs is 1. The number of para-hydroxylation sites is 1. The third-order valence-electron chi connectivity index (χ3n) is 18.6. The van der Waals surface area contributed by atoms with Gasteiger partial charge in [-0.05, 0) is 111 Å². The fraction of sp³-hybridized carbons (Fsp3) is 0.568. The number of thioether (sulfide) groups is 1. The molecule has 1 aliphatic heterocycles. The number of nitrogens with zero attached hydrogens (tertiary/aromatic N) is 4. The number of hydrogen-bond donors (Lipinski definition) is 11. The van der Waals surface area contributed by atoms with E-state index in [-0.39, 0.29) is 145 Å². The molecule has 0 unspecified atom stereocenters. The lowest BCUT2D eigenvalue weighted by atomic mass is 9.88. The number of carboxylic acid groups (broad SMARTS) is 2. The zero-order valence-electron chi connectivity index (χ0n) is 61.4. The van der Waals surface area contributed by atoms with Crippen LogP contribution in [0.15, 0.2) is 67.3 Å². The van der Waals surface area contributed by atoms with Crippen LogP contribution in [0.1, 0.15) is 140 Å². The normalized spacial score (nSPS) is 15.6. The van der Waals surface area contributed by atoms with E-state index in [1.807, 2.05) is 38.3 Å². The van der Waals surface area contributed by atoms with E-state index in [1.54, 1.807) is 40.8 Å². The topological polar surface area (TPSA) is 472 Å². The van der Waals surface area contributed by atoms with Crippen molar-refractivity contribution < 1.29 is 86.9 Å². The number of aromatic nitrogens is 3. The second kappa shape index (κ2) is 45.1. The number of primary amides is 2. The van der Waals surface area contributed by atoms with Crippen molar-refractivity contribution in [3.63, 3.8) is 0 Å². The predicted molar refractivity (Wildman–Crippen MR) is 394 cm³/mol. The Balaban J connectivity index is 1.21. The number of H-pyrrole nitrogens is 2. The quantitative estimate of drug-likeness (QED) is 0.0223. The van der Waals surface area contributed by atoms with Gasteiger partial charge in [-0.3, -0.25) is 86.6 Å². The largest absolute Gasteiger partial charge is 0.480 e. The Morgan fingerprint density at radius 1 is 0.642 bits per heavy atom. The lowest BCUT2D eigenvalue weighted by Gasteiger charge is -2.31. The lowest BCUT2D eigenvalue weighted by molar-refractivity contribution is -0.139. The number of carboxylic acids is 2. The Kier molecular flexibility index (Phi) is 37.0. The third-order valence-corrected chi connectivity index (χ3v) is 19.2. The molecule has 7 atom stereocenters. The van der Waals surface area contributed by atoms with Crippen LogP contribution < -0.4 is 38.1 Å². The van der Waals surface area contributed by atoms with Crippen molar-refractivity contribution in [1.29, 1.82) is 0 Å². The number of carbonyl (C=O) groups is 15. The van der Waals surface area contributed by atoms with E-state index in [2.05, 4.69) is 41.5 Å². The van der Waals surface area contributed by atoms with Gasteiger partial charge >= 0.3 is 11.9 Å². The van der Waals surface area contributed by atoms with Gasteiger partial charge in [0.15, 0.2) is 23.1 Å². The van der Waals surface area contributed by atoms with Crippen LogP contribution in [0, 0.1) is 35.5 Å². The van der Waals surface area contributed by atoms with Gasteiger partial charge in [0.25, 0.3) is 6.47 Å². The minimum Gasteiger partial charge on any atom is -0.480 e. The first kappa shape index (κ1) is 87.1. The smallest absolute Gasteiger partial charge is 0.317 e. The Bertz CT molecular complexity index is 3610. The van der Waals surface area contributed by atoms with Crippen molar-refractivity contribution in [2.75, 3.05) is 82.8 Å². The summed E-state index contributed by atoms with van der Waals surface area (Å²) in [7, 11) is 0. The highest BCUT2D eigenvalue weighted by atomic mass is 32.2. The number of aliphatic carboxylic acids is 2. The van der Waals surface area contributed by atoms with Crippen LogP contribution in [0.5, 0.6) is 0 Å². The minimum atomic E-state index is -1.29. The summed E-state index contributed by atoms with van der Waals surface area (Å²) in [5.41, 5.74) is 13.4. The molecule has 0 spiro atoms. The molecule has 31 nitrogen and oxygen atoms in total. The van der Waals surface area contributed by atoms with Gasteiger partial charge in [0.05, 0.1) is 50.7 Å². The van der Waals surface area contributed by atoms with Gasteiger partial charge in [0.2, 0.25) is 41.4 Å². The molecule has 1 fully saturated rings. The van der Waals surface area contributed by atoms with Gasteiger partial charge in [-0.25, -0.2) is 4.98 Å². The number of ketones is 5. The van der Waals surface area contributed by atoms with Crippen molar-refractivity contribution in [2.45, 2.75) is 155 Å². The van der Waals surface area contributed by atoms with Gasteiger partial charge in [-0.2, -0.15) is 11.8 Å². The summed E-state index contributed by atoms with van der Waals surface area (Å²) in [6.07, 6.45) is 5.08. The molecule has 1 saturated heterocycles. The molecule has 0 radical (unpaired) electrons. The molecule has 32 heteroatoms. The summed E-state index contributed by atoms with van der Waals surface area (Å²) < 4.78 is 5.00. The Hall–Kier alpha value is -9.53. The Morgan fingerprint density at radius 3 is 1.83 bits per heavy atom. The van der Waals surface area contributed by atoms with E-state index in [0.29, 0.717) is 55.8 Å². The summed E-state index contributed by atoms with van der Waals surface area (Å²) in [5.74, 6) is -12.4. The van der Waals surface area contributed by atoms with Gasteiger partial charge in [-0.15, -0.1) is 0 Å². The predicted octanol–water partition coefficient (Wildman–Crippen LogP) is 3.18. The molecule has 106 heavy (non-hydrogen) atoms. The molecular formula is C74H105N13O18S. The summed E-state index contributed by atoms with van der Waals surface area (Å²) >= 11 is 1.48. The standard InChI is InChI=1S/C74H105N13O18S/c1-45(2)31-51(74(104)82-58(71(76)101)23-30-106-6)35-64(93)60(36-54-38-77-43-79-54)81-67(96)20-17-61(90)70(46(3)4)84-72(102)47(5)32-63(92)59(33-52-37-78-57-10-8-7-9-56(52)57)83-73(103)50(13-18-65(75)94)34-62(91)49-11-14-53(15-12-49)80-66(95)19-16-55(89)39-87-28-26-85(40-68(97)98)24-21-48(42-105-44-88)22-25-86(27-29-87)41-69(99)100/h7-12,14-15,37-38,43-48,50-51,58-60,70,78H,13,16-36,39-42H2,1-6H3,(H2,75,94)(H2,76,101)(H,77,79)(H,80,95)(H,81,96)(H,82,104)(H,83,103)(H,84,102)(H,97,98)(H,99,100)/t47-,50-,51-,58+,59+,60+,70+/m1/s1. The maximum atomic E-state index is 14.6. The third kappa shape index (κ3) is 31.3. The molecule has 7 amide bonds. The van der Waals surface area contributed by atoms with E-state index in [0.717, 1.165) is 10.9 Å². The zero-order chi connectivity index (χ0) is 78.0. The first-order valence-corrected chi connectivity index (χ1v) is 37.3. The number of anilines is 1. The average Bonchev–Trinajstić information content (AvgIpc) is 1.69. The maximum absolute atomic E-state index is 14.6. The molecule has 13 N–H and O–H groups in total. The highest BCUT2D eigenvalue weighted by molar-refractivity contribution is 7.98. The Morgan fingerprint density at radius 2 is 1.25 bits per heavy atom. The summed E-state index contributed by atoms with van der Waals surface area (Å²) in [5, 5.41) is 33.7. The van der Waals surface area contributed by atoms with E-state index in [9.17, 15) is 82.1 Å². The highest BCUT2D eigenvalue weighted by Gasteiger charge is 2.35. The Labute approximate surface area is 621 Å². The number of aromatic amines is 2. The summed E-state index contributed by atoms with van der Waals surface area (Å²) in [6.45, 7) is 10.2. The monoisotopic (exact) mass is 1500 g/mol. The molecule has 3 heterocycles. The van der Waals surface area contributed by atoms with E-state index in [4.69, 9.17) is 16.2 Å². The van der Waals surface area contributed by atoms with Crippen molar-refractivity contribution in [3.8, 4) is 0 Å². The van der Waals surface area contributed by atoms with Crippen LogP contribution in [-0.4, -0.2) is 230 Å². The number of ether oxygens (including phenoxy) is 1. The van der Waals surface area contributed by atoms with Crippen molar-refractivity contribution in [3.05, 3.63) is 84.1 Å². The molecule has 0 saturated carbocycles. The molecule has 2 aromatic carbocycles. The average molecular weight is 1500 g/mol. The first-order valence-electron chi connectivity index (χ1n) is 35.9. The van der Waals surface area contributed by atoms with Crippen LogP contribution in [0.3, 0.4) is 0 Å². The SMILES string of the molecule is CSCC[C@H](NC(=O)[C@@H](CC(=O)[C@H](Cc1cnc[nH]1)NC(=O)CCC(=O)[C@@H](NC(=O)[C@H](C)CC(=O)[C@H](Cc1c[nH]c2ccccc12)NC(=O)[C@H](CCC(N)=O)CC(=O)c1ccc(NC(=O)CCC(=O)CN2CCN(CC(=O)O)CCC(COC=O)CCN(CC(=O)O)CC2)cc1)C(C)C)CC(C)C)C(N)=O. The van der Waals surface area contributed by atoms with Crippen LogP contribution >= 0.6 is 11.8 Å². The minimum absolute atomic E-state index is 0.0210. The van der Waals surface area contributed by atoms with Gasteiger partial charge in [-0.1, -0.05) is 52.8 Å². The lowest BCUT2D eigenvalue weighted by Crippen LogP contribution is -2.49. The number of Topliss-reactive ketones (excluding diaryl/α,β-unsaturated/α-hetero) is 5. The van der Waals surface area contributed by atoms with Gasteiger partial charge < -0.3 is 63.0 Å². The van der Waals surface area contributed by atoms with Crippen LogP contribution in [0.2, 0.25) is 0 Å². The number of nitrogens with one attached hydrogen (secondary N) is 7. The van der Waals surface area contributed by atoms with Crippen molar-refractivity contribution in [1.82, 2.24) is 50.9 Å². The van der Waals surface area contributed by atoms with Gasteiger partial charge in [0.1, 0.15) is 11.8 Å². The van der Waals surface area contributed by atoms with Crippen LogP contribution in [-0.2, 0) is 84.7 Å². The molecule has 5 rings (SSSR count). The van der Waals surface area contributed by atoms with Gasteiger partial charge in [0, 0.05) is 148 Å².